The van der Waals surface area contributed by atoms with Crippen molar-refractivity contribution in [3.63, 3.8) is 0 Å². The summed E-state index contributed by atoms with van der Waals surface area (Å²) in [5, 5.41) is 0. The van der Waals surface area contributed by atoms with Crippen LogP contribution in [-0.2, 0) is 10.0 Å². The van der Waals surface area contributed by atoms with Gasteiger partial charge in [0.1, 0.15) is 0 Å². The lowest BCUT2D eigenvalue weighted by atomic mass is 9.95. The second kappa shape index (κ2) is 7.38. The SMILES string of the molecule is Cc1cccc(S(=O)(=O)N(CCCN)C2CCCCC2)c1. The van der Waals surface area contributed by atoms with Gasteiger partial charge in [-0.3, -0.25) is 0 Å². The van der Waals surface area contributed by atoms with Crippen molar-refractivity contribution in [2.45, 2.75) is 56.4 Å². The maximum absolute atomic E-state index is 13.0. The zero-order valence-electron chi connectivity index (χ0n) is 12.8. The smallest absolute Gasteiger partial charge is 0.243 e. The van der Waals surface area contributed by atoms with Crippen LogP contribution >= 0.6 is 0 Å². The molecule has 2 N–H and O–H groups in total. The molecule has 21 heavy (non-hydrogen) atoms. The van der Waals surface area contributed by atoms with Gasteiger partial charge in [-0.05, 0) is 50.4 Å². The van der Waals surface area contributed by atoms with E-state index in [4.69, 9.17) is 5.73 Å². The molecule has 0 bridgehead atoms. The summed E-state index contributed by atoms with van der Waals surface area (Å²) in [7, 11) is -3.42. The van der Waals surface area contributed by atoms with Gasteiger partial charge in [0.05, 0.1) is 4.90 Å². The average molecular weight is 310 g/mol. The first-order chi connectivity index (χ1) is 10.1. The monoisotopic (exact) mass is 310 g/mol. The lowest BCUT2D eigenvalue weighted by molar-refractivity contribution is 0.252. The Hall–Kier alpha value is -0.910. The molecule has 0 spiro atoms. The Balaban J connectivity index is 2.29. The Labute approximate surface area is 128 Å². The van der Waals surface area contributed by atoms with Gasteiger partial charge < -0.3 is 5.73 Å². The Morgan fingerprint density at radius 1 is 1.24 bits per heavy atom. The third kappa shape index (κ3) is 4.05. The van der Waals surface area contributed by atoms with Crippen LogP contribution in [0.5, 0.6) is 0 Å². The summed E-state index contributed by atoms with van der Waals surface area (Å²) in [6.07, 6.45) is 6.10. The highest BCUT2D eigenvalue weighted by molar-refractivity contribution is 7.89. The predicted octanol–water partition coefficient (Wildman–Crippen LogP) is 2.67. The highest BCUT2D eigenvalue weighted by Gasteiger charge is 2.31. The van der Waals surface area contributed by atoms with Crippen molar-refractivity contribution in [3.8, 4) is 0 Å². The molecule has 5 heteroatoms. The molecule has 1 saturated carbocycles. The average Bonchev–Trinajstić information content (AvgIpc) is 2.48. The van der Waals surface area contributed by atoms with Crippen molar-refractivity contribution in [2.75, 3.05) is 13.1 Å². The van der Waals surface area contributed by atoms with Gasteiger partial charge in [-0.2, -0.15) is 4.31 Å². The quantitative estimate of drug-likeness (QED) is 0.878. The molecule has 1 aliphatic carbocycles. The first-order valence-electron chi connectivity index (χ1n) is 7.84. The number of rotatable bonds is 6. The zero-order chi connectivity index (χ0) is 15.3. The first kappa shape index (κ1) is 16.5. The molecular formula is C16H26N2O2S. The second-order valence-corrected chi connectivity index (χ2v) is 7.76. The van der Waals surface area contributed by atoms with E-state index in [1.165, 1.54) is 6.42 Å². The number of nitrogens with zero attached hydrogens (tertiary/aromatic N) is 1. The Kier molecular flexibility index (Phi) is 5.79. The number of aryl methyl sites for hydroxylation is 1. The summed E-state index contributed by atoms with van der Waals surface area (Å²) >= 11 is 0. The standard InChI is InChI=1S/C16H26N2O2S/c1-14-7-5-10-16(13-14)21(19,20)18(12-6-11-17)15-8-3-2-4-9-15/h5,7,10,13,15H,2-4,6,8-9,11-12,17H2,1H3. The minimum absolute atomic E-state index is 0.135. The molecule has 0 radical (unpaired) electrons. The minimum atomic E-state index is -3.42. The Morgan fingerprint density at radius 2 is 1.95 bits per heavy atom. The van der Waals surface area contributed by atoms with Crippen LogP contribution in [0.15, 0.2) is 29.2 Å². The predicted molar refractivity (Wildman–Crippen MR) is 85.6 cm³/mol. The van der Waals surface area contributed by atoms with Crippen molar-refractivity contribution in [1.29, 1.82) is 0 Å². The Morgan fingerprint density at radius 3 is 2.57 bits per heavy atom. The Bertz CT molecular complexity index is 551. The molecule has 0 aliphatic heterocycles. The molecule has 0 aromatic heterocycles. The van der Waals surface area contributed by atoms with E-state index < -0.39 is 10.0 Å². The van der Waals surface area contributed by atoms with Crippen LogP contribution in [-0.4, -0.2) is 31.9 Å². The highest BCUT2D eigenvalue weighted by Crippen LogP contribution is 2.28. The molecule has 2 rings (SSSR count). The fourth-order valence-corrected chi connectivity index (χ4v) is 4.86. The molecule has 0 amide bonds. The van der Waals surface area contributed by atoms with Crippen molar-refractivity contribution in [2.24, 2.45) is 5.73 Å². The molecular weight excluding hydrogens is 284 g/mol. The topological polar surface area (TPSA) is 63.4 Å². The highest BCUT2D eigenvalue weighted by atomic mass is 32.2. The van der Waals surface area contributed by atoms with E-state index >= 15 is 0 Å². The number of sulfonamides is 1. The van der Waals surface area contributed by atoms with Gasteiger partial charge in [0.25, 0.3) is 0 Å². The van der Waals surface area contributed by atoms with E-state index in [9.17, 15) is 8.42 Å². The third-order valence-corrected chi connectivity index (χ3v) is 6.11. The van der Waals surface area contributed by atoms with E-state index in [-0.39, 0.29) is 6.04 Å². The third-order valence-electron chi connectivity index (χ3n) is 4.16. The van der Waals surface area contributed by atoms with Gasteiger partial charge >= 0.3 is 0 Å². The lowest BCUT2D eigenvalue weighted by Gasteiger charge is -2.33. The molecule has 1 aromatic carbocycles. The van der Waals surface area contributed by atoms with Crippen molar-refractivity contribution < 1.29 is 8.42 Å². The summed E-state index contributed by atoms with van der Waals surface area (Å²) in [4.78, 5) is 0.407. The van der Waals surface area contributed by atoms with Gasteiger partial charge in [0.2, 0.25) is 10.0 Å². The van der Waals surface area contributed by atoms with E-state index in [0.29, 0.717) is 24.4 Å². The van der Waals surface area contributed by atoms with Crippen LogP contribution in [0.4, 0.5) is 0 Å². The van der Waals surface area contributed by atoms with Crippen LogP contribution in [0.1, 0.15) is 44.1 Å². The van der Waals surface area contributed by atoms with Crippen LogP contribution in [0.25, 0.3) is 0 Å². The van der Waals surface area contributed by atoms with Crippen LogP contribution in [0.3, 0.4) is 0 Å². The van der Waals surface area contributed by atoms with E-state index in [0.717, 1.165) is 31.2 Å². The largest absolute Gasteiger partial charge is 0.330 e. The summed E-state index contributed by atoms with van der Waals surface area (Å²) < 4.78 is 27.7. The number of hydrogen-bond donors (Lipinski definition) is 1. The first-order valence-corrected chi connectivity index (χ1v) is 9.28. The molecule has 1 aromatic rings. The van der Waals surface area contributed by atoms with Gasteiger partial charge in [0.15, 0.2) is 0 Å². The number of hydrogen-bond acceptors (Lipinski definition) is 3. The molecule has 1 aliphatic rings. The second-order valence-electron chi connectivity index (χ2n) is 5.87. The summed E-state index contributed by atoms with van der Waals surface area (Å²) in [6, 6.07) is 7.32. The van der Waals surface area contributed by atoms with Crippen LogP contribution in [0, 0.1) is 6.92 Å². The van der Waals surface area contributed by atoms with Crippen LogP contribution in [0.2, 0.25) is 0 Å². The summed E-state index contributed by atoms with van der Waals surface area (Å²) in [5.41, 5.74) is 6.56. The summed E-state index contributed by atoms with van der Waals surface area (Å²) in [5.74, 6) is 0. The molecule has 0 unspecified atom stereocenters. The van der Waals surface area contributed by atoms with Crippen molar-refractivity contribution >= 4 is 10.0 Å². The van der Waals surface area contributed by atoms with Crippen molar-refractivity contribution in [1.82, 2.24) is 4.31 Å². The molecule has 0 saturated heterocycles. The molecule has 118 valence electrons. The fraction of sp³-hybridized carbons (Fsp3) is 0.625. The zero-order valence-corrected chi connectivity index (χ0v) is 13.6. The van der Waals surface area contributed by atoms with E-state index in [1.54, 1.807) is 16.4 Å². The maximum Gasteiger partial charge on any atom is 0.243 e. The summed E-state index contributed by atoms with van der Waals surface area (Å²) in [6.45, 7) is 2.97. The van der Waals surface area contributed by atoms with E-state index in [2.05, 4.69) is 0 Å². The van der Waals surface area contributed by atoms with E-state index in [1.807, 2.05) is 19.1 Å². The van der Waals surface area contributed by atoms with Crippen molar-refractivity contribution in [3.05, 3.63) is 29.8 Å². The molecule has 1 fully saturated rings. The molecule has 4 nitrogen and oxygen atoms in total. The normalized spacial score (nSPS) is 17.3. The minimum Gasteiger partial charge on any atom is -0.330 e. The van der Waals surface area contributed by atoms with Gasteiger partial charge in [-0.15, -0.1) is 0 Å². The number of nitrogens with two attached hydrogens (primary N) is 1. The van der Waals surface area contributed by atoms with Crippen LogP contribution < -0.4 is 5.73 Å². The number of benzene rings is 1. The fourth-order valence-electron chi connectivity index (χ4n) is 3.03. The lowest BCUT2D eigenvalue weighted by Crippen LogP contribution is -2.42. The molecule has 0 heterocycles. The van der Waals surface area contributed by atoms with Gasteiger partial charge in [-0.1, -0.05) is 31.4 Å². The maximum atomic E-state index is 13.0. The van der Waals surface area contributed by atoms with Gasteiger partial charge in [-0.25, -0.2) is 8.42 Å². The molecule has 0 atom stereocenters. The van der Waals surface area contributed by atoms with Gasteiger partial charge in [0, 0.05) is 12.6 Å².